The highest BCUT2D eigenvalue weighted by Gasteiger charge is 2.52. The van der Waals surface area contributed by atoms with Gasteiger partial charge in [-0.3, -0.25) is 0 Å². The van der Waals surface area contributed by atoms with E-state index in [1.807, 2.05) is 0 Å². The van der Waals surface area contributed by atoms with E-state index >= 15 is 0 Å². The van der Waals surface area contributed by atoms with Crippen molar-refractivity contribution in [1.82, 2.24) is 0 Å². The SMILES string of the molecule is CCCCCCCCCCCCCCCC[N+](CCBr)(C1CC(C)CCC1C(C)C)C1CC(C)CCC1C(C)C. The highest BCUT2D eigenvalue weighted by atomic mass is 79.9. The number of rotatable bonds is 21. The van der Waals surface area contributed by atoms with E-state index in [1.165, 1.54) is 151 Å². The first-order valence-electron chi connectivity index (χ1n) is 18.7. The summed E-state index contributed by atoms with van der Waals surface area (Å²) < 4.78 is 1.46. The Kier molecular flexibility index (Phi) is 18.7. The molecule has 2 heteroatoms. The van der Waals surface area contributed by atoms with E-state index in [-0.39, 0.29) is 0 Å². The fraction of sp³-hybridized carbons (Fsp3) is 1.00. The van der Waals surface area contributed by atoms with Crippen LogP contribution in [-0.4, -0.2) is 35.0 Å². The summed E-state index contributed by atoms with van der Waals surface area (Å²) in [5.41, 5.74) is 0. The van der Waals surface area contributed by atoms with Crippen molar-refractivity contribution in [3.05, 3.63) is 0 Å². The highest BCUT2D eigenvalue weighted by molar-refractivity contribution is 9.09. The van der Waals surface area contributed by atoms with Gasteiger partial charge in [0, 0.05) is 24.7 Å². The summed E-state index contributed by atoms with van der Waals surface area (Å²) in [5.74, 6) is 5.27. The van der Waals surface area contributed by atoms with E-state index in [0.717, 1.165) is 47.6 Å². The molecule has 2 rings (SSSR count). The Hall–Kier alpha value is 0.440. The molecule has 1 nitrogen and oxygen atoms in total. The molecule has 0 aliphatic heterocycles. The zero-order chi connectivity index (χ0) is 29.4. The number of nitrogens with zero attached hydrogens (tertiary/aromatic N) is 1. The Morgan fingerprint density at radius 2 is 0.925 bits per heavy atom. The number of hydrogen-bond donors (Lipinski definition) is 0. The predicted octanol–water partition coefficient (Wildman–Crippen LogP) is 12.6. The Bertz CT molecular complexity index is 583. The van der Waals surface area contributed by atoms with Gasteiger partial charge < -0.3 is 4.48 Å². The molecule has 0 spiro atoms. The second kappa shape index (κ2) is 20.4. The number of unbranched alkanes of at least 4 members (excludes halogenated alkanes) is 13. The molecule has 2 aliphatic carbocycles. The molecule has 238 valence electrons. The lowest BCUT2D eigenvalue weighted by Gasteiger charge is -2.59. The third kappa shape index (κ3) is 11.8. The van der Waals surface area contributed by atoms with Gasteiger partial charge in [0.1, 0.15) is 0 Å². The minimum Gasteiger partial charge on any atom is -0.318 e. The van der Waals surface area contributed by atoms with Crippen molar-refractivity contribution in [2.75, 3.05) is 18.4 Å². The van der Waals surface area contributed by atoms with Gasteiger partial charge in [-0.1, -0.05) is 141 Å². The summed E-state index contributed by atoms with van der Waals surface area (Å²) in [5, 5.41) is 1.18. The minimum absolute atomic E-state index is 0.820. The van der Waals surface area contributed by atoms with Crippen molar-refractivity contribution in [3.8, 4) is 0 Å². The first-order valence-corrected chi connectivity index (χ1v) is 19.8. The topological polar surface area (TPSA) is 0 Å². The summed E-state index contributed by atoms with van der Waals surface area (Å²) in [6, 6.07) is 1.75. The van der Waals surface area contributed by atoms with Gasteiger partial charge in [-0.25, -0.2) is 0 Å². The van der Waals surface area contributed by atoms with Crippen molar-refractivity contribution < 1.29 is 4.48 Å². The van der Waals surface area contributed by atoms with Crippen LogP contribution in [0.25, 0.3) is 0 Å². The molecule has 2 aliphatic rings. The van der Waals surface area contributed by atoms with Crippen LogP contribution in [0.3, 0.4) is 0 Å². The van der Waals surface area contributed by atoms with Crippen LogP contribution in [0.15, 0.2) is 0 Å². The molecule has 0 aromatic rings. The highest BCUT2D eigenvalue weighted by Crippen LogP contribution is 2.47. The Balaban J connectivity index is 1.99. The number of quaternary nitrogens is 1. The Labute approximate surface area is 262 Å². The van der Waals surface area contributed by atoms with Crippen molar-refractivity contribution in [1.29, 1.82) is 0 Å². The maximum Gasteiger partial charge on any atom is 0.0926 e. The monoisotopic (exact) mass is 625 g/mol. The van der Waals surface area contributed by atoms with Crippen molar-refractivity contribution in [2.45, 2.75) is 189 Å². The molecular formula is C38H75BrN+. The van der Waals surface area contributed by atoms with Crippen LogP contribution >= 0.6 is 15.9 Å². The number of alkyl halides is 1. The first kappa shape index (κ1) is 36.6. The van der Waals surface area contributed by atoms with E-state index < -0.39 is 0 Å². The summed E-state index contributed by atoms with van der Waals surface area (Å²) in [7, 11) is 0. The van der Waals surface area contributed by atoms with Crippen LogP contribution in [-0.2, 0) is 0 Å². The normalized spacial score (nSPS) is 29.2. The smallest absolute Gasteiger partial charge is 0.0926 e. The van der Waals surface area contributed by atoms with Crippen LogP contribution in [0.1, 0.15) is 177 Å². The summed E-state index contributed by atoms with van der Waals surface area (Å²) in [6.45, 7) is 20.5. The fourth-order valence-electron chi connectivity index (χ4n) is 9.27. The van der Waals surface area contributed by atoms with Gasteiger partial charge in [-0.15, -0.1) is 0 Å². The van der Waals surface area contributed by atoms with Gasteiger partial charge in [0.2, 0.25) is 0 Å². The first-order chi connectivity index (χ1) is 19.3. The second-order valence-corrected chi connectivity index (χ2v) is 16.4. The molecule has 0 amide bonds. The van der Waals surface area contributed by atoms with Crippen LogP contribution < -0.4 is 0 Å². The van der Waals surface area contributed by atoms with E-state index in [2.05, 4.69) is 64.4 Å². The number of hydrogen-bond acceptors (Lipinski definition) is 0. The molecule has 2 saturated carbocycles. The van der Waals surface area contributed by atoms with Gasteiger partial charge in [0.05, 0.1) is 30.5 Å². The molecule has 0 heterocycles. The maximum absolute atomic E-state index is 4.03. The van der Waals surface area contributed by atoms with Crippen LogP contribution in [0, 0.1) is 35.5 Å². The van der Waals surface area contributed by atoms with Crippen LogP contribution in [0.2, 0.25) is 0 Å². The predicted molar refractivity (Wildman–Crippen MR) is 184 cm³/mol. The second-order valence-electron chi connectivity index (χ2n) is 15.6. The average Bonchev–Trinajstić information content (AvgIpc) is 2.92. The number of halogens is 1. The van der Waals surface area contributed by atoms with E-state index in [9.17, 15) is 0 Å². The third-order valence-corrected chi connectivity index (χ3v) is 12.1. The summed E-state index contributed by atoms with van der Waals surface area (Å²) >= 11 is 4.03. The van der Waals surface area contributed by atoms with Gasteiger partial charge in [0.25, 0.3) is 0 Å². The van der Waals surface area contributed by atoms with E-state index in [0.29, 0.717) is 0 Å². The van der Waals surface area contributed by atoms with Gasteiger partial charge in [-0.2, -0.15) is 0 Å². The minimum atomic E-state index is 0.820. The Morgan fingerprint density at radius 3 is 1.27 bits per heavy atom. The molecule has 6 atom stereocenters. The van der Waals surface area contributed by atoms with E-state index in [4.69, 9.17) is 0 Å². The summed E-state index contributed by atoms with van der Waals surface area (Å²) in [6.07, 6.45) is 29.3. The zero-order valence-electron chi connectivity index (χ0n) is 28.7. The van der Waals surface area contributed by atoms with E-state index in [1.54, 1.807) is 0 Å². The molecular weight excluding hydrogens is 550 g/mol. The van der Waals surface area contributed by atoms with Crippen LogP contribution in [0.4, 0.5) is 0 Å². The van der Waals surface area contributed by atoms with Gasteiger partial charge in [-0.05, 0) is 62.2 Å². The lowest BCUT2D eigenvalue weighted by molar-refractivity contribution is -0.982. The maximum atomic E-state index is 4.03. The quantitative estimate of drug-likeness (QED) is 0.0676. The average molecular weight is 626 g/mol. The van der Waals surface area contributed by atoms with Crippen molar-refractivity contribution in [2.24, 2.45) is 35.5 Å². The zero-order valence-corrected chi connectivity index (χ0v) is 30.3. The standard InChI is InChI=1S/C38H75BrN/c1-8-9-10-11-12-13-14-15-16-17-18-19-20-21-27-40(28-26-39,37-29-33(6)22-24-35(37)31(2)3)38-30-34(7)23-25-36(38)32(4)5/h31-38H,8-30H2,1-7H3/q+1. The van der Waals surface area contributed by atoms with Crippen molar-refractivity contribution >= 4 is 15.9 Å². The molecule has 0 N–H and O–H groups in total. The third-order valence-electron chi connectivity index (χ3n) is 11.7. The fourth-order valence-corrected chi connectivity index (χ4v) is 9.93. The molecule has 0 bridgehead atoms. The molecule has 0 radical (unpaired) electrons. The van der Waals surface area contributed by atoms with Crippen molar-refractivity contribution in [3.63, 3.8) is 0 Å². The molecule has 0 aromatic carbocycles. The largest absolute Gasteiger partial charge is 0.318 e. The molecule has 6 unspecified atom stereocenters. The molecule has 2 fully saturated rings. The molecule has 40 heavy (non-hydrogen) atoms. The lowest BCUT2D eigenvalue weighted by atomic mass is 9.67. The molecule has 0 aromatic heterocycles. The Morgan fingerprint density at radius 1 is 0.550 bits per heavy atom. The van der Waals surface area contributed by atoms with Gasteiger partial charge in [0.15, 0.2) is 0 Å². The molecule has 0 saturated heterocycles. The van der Waals surface area contributed by atoms with Gasteiger partial charge >= 0.3 is 0 Å². The van der Waals surface area contributed by atoms with Crippen LogP contribution in [0.5, 0.6) is 0 Å². The lowest BCUT2D eigenvalue weighted by Crippen LogP contribution is -2.69. The summed E-state index contributed by atoms with van der Waals surface area (Å²) in [4.78, 5) is 0.